The van der Waals surface area contributed by atoms with Crippen LogP contribution >= 0.6 is 0 Å². The highest BCUT2D eigenvalue weighted by Gasteiger charge is 2.07. The van der Waals surface area contributed by atoms with Gasteiger partial charge >= 0.3 is 5.76 Å². The van der Waals surface area contributed by atoms with Crippen molar-refractivity contribution < 1.29 is 9.52 Å². The Kier molecular flexibility index (Phi) is 2.11. The van der Waals surface area contributed by atoms with Gasteiger partial charge in [-0.2, -0.15) is 0 Å². The number of rotatable bonds is 2. The number of oxazole rings is 1. The highest BCUT2D eigenvalue weighted by Crippen LogP contribution is 2.16. The quantitative estimate of drug-likeness (QED) is 0.602. The molecule has 1 unspecified atom stereocenters. The predicted octanol–water partition coefficient (Wildman–Crippen LogP) is 0.331. The van der Waals surface area contributed by atoms with Crippen molar-refractivity contribution in [1.82, 2.24) is 10.3 Å². The average Bonchev–Trinajstić information content (AvgIpc) is 2.55. The molecular formula is C9H10N2O3. The van der Waals surface area contributed by atoms with E-state index < -0.39 is 12.0 Å². The van der Waals surface area contributed by atoms with E-state index in [0.29, 0.717) is 16.7 Å². The lowest BCUT2D eigenvalue weighted by Crippen LogP contribution is -2.14. The van der Waals surface area contributed by atoms with Gasteiger partial charge in [0.2, 0.25) is 0 Å². The van der Waals surface area contributed by atoms with Crippen LogP contribution < -0.4 is 11.1 Å². The summed E-state index contributed by atoms with van der Waals surface area (Å²) in [4.78, 5) is 13.4. The molecule has 0 aliphatic heterocycles. The number of aliphatic hydroxyl groups is 1. The zero-order valence-corrected chi connectivity index (χ0v) is 7.57. The molecule has 0 spiro atoms. The molecule has 2 aromatic rings. The highest BCUT2D eigenvalue weighted by atomic mass is 16.4. The summed E-state index contributed by atoms with van der Waals surface area (Å²) in [5.41, 5.74) is 1.73. The Bertz CT molecular complexity index is 500. The zero-order valence-electron chi connectivity index (χ0n) is 7.57. The largest absolute Gasteiger partial charge is 0.417 e. The first kappa shape index (κ1) is 8.98. The van der Waals surface area contributed by atoms with Crippen LogP contribution in [-0.4, -0.2) is 17.1 Å². The number of aromatic amines is 1. The number of H-pyrrole nitrogens is 1. The van der Waals surface area contributed by atoms with Crippen molar-refractivity contribution >= 4 is 11.1 Å². The van der Waals surface area contributed by atoms with Crippen LogP contribution in [0.15, 0.2) is 27.4 Å². The van der Waals surface area contributed by atoms with Gasteiger partial charge in [0.25, 0.3) is 0 Å². The Hall–Kier alpha value is -1.59. The van der Waals surface area contributed by atoms with Crippen molar-refractivity contribution in [2.24, 2.45) is 0 Å². The topological polar surface area (TPSA) is 78.3 Å². The van der Waals surface area contributed by atoms with Gasteiger partial charge in [-0.15, -0.1) is 0 Å². The first-order valence-corrected chi connectivity index (χ1v) is 4.19. The van der Waals surface area contributed by atoms with Crippen molar-refractivity contribution in [1.29, 1.82) is 0 Å². The standard InChI is InChI=1S/C9H10N2O3/c1-10-8(12)5-2-3-6-7(4-5)14-9(13)11-6/h2-4,8,10,12H,1H3,(H,11,13). The minimum atomic E-state index is -0.750. The van der Waals surface area contributed by atoms with Gasteiger partial charge in [0.1, 0.15) is 6.23 Å². The summed E-state index contributed by atoms with van der Waals surface area (Å²) < 4.78 is 4.85. The third-order valence-corrected chi connectivity index (χ3v) is 2.03. The minimum Gasteiger partial charge on any atom is -0.408 e. The summed E-state index contributed by atoms with van der Waals surface area (Å²) in [6.45, 7) is 0. The molecule has 0 radical (unpaired) electrons. The third kappa shape index (κ3) is 1.43. The fourth-order valence-corrected chi connectivity index (χ4v) is 1.30. The summed E-state index contributed by atoms with van der Waals surface area (Å²) in [5, 5.41) is 12.1. The number of benzene rings is 1. The van der Waals surface area contributed by atoms with Crippen LogP contribution in [0.3, 0.4) is 0 Å². The second-order valence-electron chi connectivity index (χ2n) is 2.96. The van der Waals surface area contributed by atoms with Gasteiger partial charge in [0.05, 0.1) is 5.52 Å². The van der Waals surface area contributed by atoms with Crippen LogP contribution in [0.2, 0.25) is 0 Å². The van der Waals surface area contributed by atoms with Crippen LogP contribution in [0.5, 0.6) is 0 Å². The molecule has 5 heteroatoms. The maximum absolute atomic E-state index is 10.8. The van der Waals surface area contributed by atoms with Crippen molar-refractivity contribution in [3.63, 3.8) is 0 Å². The van der Waals surface area contributed by atoms with Gasteiger partial charge in [0, 0.05) is 0 Å². The van der Waals surface area contributed by atoms with Crippen molar-refractivity contribution in [3.8, 4) is 0 Å². The van der Waals surface area contributed by atoms with Crippen LogP contribution in [0.4, 0.5) is 0 Å². The second kappa shape index (κ2) is 3.28. The average molecular weight is 194 g/mol. The van der Waals surface area contributed by atoms with Crippen LogP contribution in [0.25, 0.3) is 11.1 Å². The SMILES string of the molecule is CNC(O)c1ccc2[nH]c(=O)oc2c1. The van der Waals surface area contributed by atoms with Gasteiger partial charge in [-0.05, 0) is 24.7 Å². The fraction of sp³-hybridized carbons (Fsp3) is 0.222. The molecular weight excluding hydrogens is 184 g/mol. The summed E-state index contributed by atoms with van der Waals surface area (Å²) in [5.74, 6) is -0.490. The number of fused-ring (bicyclic) bond motifs is 1. The Morgan fingerprint density at radius 3 is 3.07 bits per heavy atom. The van der Waals surface area contributed by atoms with Gasteiger partial charge in [0.15, 0.2) is 5.58 Å². The minimum absolute atomic E-state index is 0.446. The molecule has 0 aliphatic rings. The number of aromatic nitrogens is 1. The Morgan fingerprint density at radius 1 is 1.57 bits per heavy atom. The van der Waals surface area contributed by atoms with E-state index in [1.807, 2.05) is 0 Å². The molecule has 0 saturated carbocycles. The van der Waals surface area contributed by atoms with Crippen molar-refractivity contribution in [2.75, 3.05) is 7.05 Å². The molecule has 0 fully saturated rings. The van der Waals surface area contributed by atoms with E-state index >= 15 is 0 Å². The van der Waals surface area contributed by atoms with Crippen LogP contribution in [0, 0.1) is 0 Å². The molecule has 0 aliphatic carbocycles. The molecule has 0 bridgehead atoms. The molecule has 14 heavy (non-hydrogen) atoms. The van der Waals surface area contributed by atoms with Crippen molar-refractivity contribution in [3.05, 3.63) is 34.3 Å². The zero-order chi connectivity index (χ0) is 10.1. The summed E-state index contributed by atoms with van der Waals surface area (Å²) in [6, 6.07) is 5.03. The lowest BCUT2D eigenvalue weighted by atomic mass is 10.2. The van der Waals surface area contributed by atoms with E-state index in [2.05, 4.69) is 10.3 Å². The maximum atomic E-state index is 10.8. The Morgan fingerprint density at radius 2 is 2.36 bits per heavy atom. The highest BCUT2D eigenvalue weighted by molar-refractivity contribution is 5.72. The first-order chi connectivity index (χ1) is 6.70. The monoisotopic (exact) mass is 194 g/mol. The fourth-order valence-electron chi connectivity index (χ4n) is 1.30. The number of hydrogen-bond acceptors (Lipinski definition) is 4. The Labute approximate surface area is 79.4 Å². The molecule has 0 amide bonds. The molecule has 3 N–H and O–H groups in total. The first-order valence-electron chi connectivity index (χ1n) is 4.19. The third-order valence-electron chi connectivity index (χ3n) is 2.03. The summed E-state index contributed by atoms with van der Waals surface area (Å²) in [6.07, 6.45) is -0.750. The second-order valence-corrected chi connectivity index (χ2v) is 2.96. The van der Waals surface area contributed by atoms with E-state index in [-0.39, 0.29) is 0 Å². The van der Waals surface area contributed by atoms with E-state index in [1.54, 1.807) is 25.2 Å². The van der Waals surface area contributed by atoms with E-state index in [9.17, 15) is 9.90 Å². The number of nitrogens with one attached hydrogen (secondary N) is 2. The van der Waals surface area contributed by atoms with Crippen molar-refractivity contribution in [2.45, 2.75) is 6.23 Å². The molecule has 1 heterocycles. The van der Waals surface area contributed by atoms with E-state index in [4.69, 9.17) is 4.42 Å². The van der Waals surface area contributed by atoms with Crippen LogP contribution in [-0.2, 0) is 0 Å². The summed E-state index contributed by atoms with van der Waals surface area (Å²) in [7, 11) is 1.64. The van der Waals surface area contributed by atoms with Gasteiger partial charge in [-0.1, -0.05) is 6.07 Å². The molecule has 1 atom stereocenters. The lowest BCUT2D eigenvalue weighted by molar-refractivity contribution is 0.149. The normalized spacial score (nSPS) is 13.3. The number of hydrogen-bond donors (Lipinski definition) is 3. The van der Waals surface area contributed by atoms with Crippen LogP contribution in [0.1, 0.15) is 11.8 Å². The van der Waals surface area contributed by atoms with Gasteiger partial charge in [-0.25, -0.2) is 4.79 Å². The molecule has 1 aromatic carbocycles. The lowest BCUT2D eigenvalue weighted by Gasteiger charge is -2.08. The smallest absolute Gasteiger partial charge is 0.408 e. The molecule has 1 aromatic heterocycles. The summed E-state index contributed by atoms with van der Waals surface area (Å²) >= 11 is 0. The van der Waals surface area contributed by atoms with E-state index in [1.165, 1.54) is 0 Å². The number of aliphatic hydroxyl groups excluding tert-OH is 1. The van der Waals surface area contributed by atoms with E-state index in [0.717, 1.165) is 0 Å². The molecule has 0 saturated heterocycles. The Balaban J connectivity index is 2.55. The predicted molar refractivity (Wildman–Crippen MR) is 50.9 cm³/mol. The molecule has 74 valence electrons. The van der Waals surface area contributed by atoms with Gasteiger partial charge in [-0.3, -0.25) is 10.3 Å². The maximum Gasteiger partial charge on any atom is 0.417 e. The van der Waals surface area contributed by atoms with Gasteiger partial charge < -0.3 is 9.52 Å². The molecule has 5 nitrogen and oxygen atoms in total. The molecule has 2 rings (SSSR count).